The molecular weight excluding hydrogens is 436 g/mol. The highest BCUT2D eigenvalue weighted by molar-refractivity contribution is 7.87. The number of hydrogen-bond donors (Lipinski definition) is 0. The van der Waals surface area contributed by atoms with Gasteiger partial charge in [0, 0.05) is 0 Å². The van der Waals surface area contributed by atoms with Crippen molar-refractivity contribution in [1.29, 1.82) is 0 Å². The van der Waals surface area contributed by atoms with E-state index < -0.39 is 20.2 Å². The largest absolute Gasteiger partial charge is 0.296 e. The minimum absolute atomic E-state index is 0.181. The van der Waals surface area contributed by atoms with Crippen molar-refractivity contribution in [2.45, 2.75) is 68.6 Å². The van der Waals surface area contributed by atoms with Crippen LogP contribution in [0.4, 0.5) is 0 Å². The van der Waals surface area contributed by atoms with Crippen LogP contribution in [0.5, 0.6) is 0 Å². The smallest absolute Gasteiger partial charge is 0.266 e. The van der Waals surface area contributed by atoms with E-state index >= 15 is 0 Å². The van der Waals surface area contributed by atoms with Crippen LogP contribution in [0.3, 0.4) is 0 Å². The Morgan fingerprint density at radius 2 is 0.806 bits per heavy atom. The van der Waals surface area contributed by atoms with E-state index in [0.29, 0.717) is 12.8 Å². The Morgan fingerprint density at radius 3 is 1.13 bits per heavy atom. The summed E-state index contributed by atoms with van der Waals surface area (Å²) in [7, 11) is -7.36. The molecule has 0 radical (unpaired) electrons. The van der Waals surface area contributed by atoms with Gasteiger partial charge < -0.3 is 0 Å². The number of hydrogen-bond acceptors (Lipinski definition) is 6. The van der Waals surface area contributed by atoms with Crippen LogP contribution in [-0.4, -0.2) is 30.0 Å². The lowest BCUT2D eigenvalue weighted by atomic mass is 10.1. The maximum atomic E-state index is 12.1. The van der Waals surface area contributed by atoms with Crippen LogP contribution in [0.25, 0.3) is 0 Å². The third kappa shape index (κ3) is 9.11. The molecule has 0 fully saturated rings. The van der Waals surface area contributed by atoms with Gasteiger partial charge in [0.05, 0.1) is 23.0 Å². The van der Waals surface area contributed by atoms with Gasteiger partial charge in [-0.1, -0.05) is 67.5 Å². The van der Waals surface area contributed by atoms with E-state index in [1.54, 1.807) is 48.5 Å². The molecule has 0 saturated heterocycles. The summed E-state index contributed by atoms with van der Waals surface area (Å²) in [4.78, 5) is 0.370. The van der Waals surface area contributed by atoms with Crippen LogP contribution < -0.4 is 0 Å². The Labute approximate surface area is 186 Å². The van der Waals surface area contributed by atoms with Crippen molar-refractivity contribution in [3.63, 3.8) is 0 Å². The van der Waals surface area contributed by atoms with Gasteiger partial charge in [-0.15, -0.1) is 0 Å². The van der Waals surface area contributed by atoms with Crippen molar-refractivity contribution in [2.24, 2.45) is 0 Å². The van der Waals surface area contributed by atoms with E-state index in [4.69, 9.17) is 8.37 Å². The molecule has 0 amide bonds. The molecule has 31 heavy (non-hydrogen) atoms. The molecule has 0 N–H and O–H groups in total. The average molecular weight is 469 g/mol. The molecule has 0 aromatic heterocycles. The summed E-state index contributed by atoms with van der Waals surface area (Å²) in [5.74, 6) is 0. The van der Waals surface area contributed by atoms with Crippen LogP contribution in [0, 0.1) is 13.8 Å². The molecular formula is C23H32O6S2. The van der Waals surface area contributed by atoms with Gasteiger partial charge in [0.2, 0.25) is 0 Å². The molecule has 0 aliphatic rings. The number of benzene rings is 2. The lowest BCUT2D eigenvalue weighted by molar-refractivity contribution is 0.302. The minimum Gasteiger partial charge on any atom is -0.266 e. The van der Waals surface area contributed by atoms with E-state index in [1.807, 2.05) is 13.8 Å². The molecule has 0 spiro atoms. The minimum atomic E-state index is -3.68. The van der Waals surface area contributed by atoms with Crippen molar-refractivity contribution in [2.75, 3.05) is 13.2 Å². The molecule has 0 aliphatic carbocycles. The fourth-order valence-electron chi connectivity index (χ4n) is 2.97. The van der Waals surface area contributed by atoms with Gasteiger partial charge in [0.25, 0.3) is 20.2 Å². The Morgan fingerprint density at radius 1 is 0.516 bits per heavy atom. The van der Waals surface area contributed by atoms with E-state index in [1.165, 1.54) is 0 Å². The van der Waals surface area contributed by atoms with Crippen molar-refractivity contribution in [3.8, 4) is 0 Å². The lowest BCUT2D eigenvalue weighted by Gasteiger charge is -2.07. The first-order valence-corrected chi connectivity index (χ1v) is 13.4. The third-order valence-corrected chi connectivity index (χ3v) is 7.54. The number of aryl methyl sites for hydroxylation is 2. The van der Waals surface area contributed by atoms with Gasteiger partial charge in [0.15, 0.2) is 0 Å². The highest BCUT2D eigenvalue weighted by Crippen LogP contribution is 2.16. The second kappa shape index (κ2) is 12.3. The van der Waals surface area contributed by atoms with Crippen LogP contribution in [0.1, 0.15) is 56.1 Å². The van der Waals surface area contributed by atoms with E-state index in [0.717, 1.165) is 43.2 Å². The monoisotopic (exact) mass is 468 g/mol. The van der Waals surface area contributed by atoms with Crippen molar-refractivity contribution in [3.05, 3.63) is 59.7 Å². The van der Waals surface area contributed by atoms with E-state index in [9.17, 15) is 16.8 Å². The predicted molar refractivity (Wildman–Crippen MR) is 121 cm³/mol. The lowest BCUT2D eigenvalue weighted by Crippen LogP contribution is -2.07. The first kappa shape index (κ1) is 25.5. The summed E-state index contributed by atoms with van der Waals surface area (Å²) in [5, 5.41) is 0. The summed E-state index contributed by atoms with van der Waals surface area (Å²) in [6.07, 6.45) is 6.12. The molecule has 172 valence electrons. The Hall–Kier alpha value is -1.74. The molecule has 2 aromatic carbocycles. The van der Waals surface area contributed by atoms with Crippen LogP contribution in [0.15, 0.2) is 58.3 Å². The molecule has 0 saturated carbocycles. The van der Waals surface area contributed by atoms with Gasteiger partial charge in [-0.2, -0.15) is 16.8 Å². The van der Waals surface area contributed by atoms with Gasteiger partial charge in [-0.05, 0) is 51.0 Å². The van der Waals surface area contributed by atoms with Crippen LogP contribution in [-0.2, 0) is 28.6 Å². The number of rotatable bonds is 14. The Balaban J connectivity index is 1.50. The van der Waals surface area contributed by atoms with E-state index in [-0.39, 0.29) is 23.0 Å². The standard InChI is InChI=1S/C23H32O6S2/c1-20-10-14-22(15-11-20)30(24,25)28-18-8-6-4-3-5-7-9-19-29-31(26,27)23-16-12-21(2)13-17-23/h10-17H,3-9,18-19H2,1-2H3. The van der Waals surface area contributed by atoms with Gasteiger partial charge in [-0.3, -0.25) is 8.37 Å². The maximum absolute atomic E-state index is 12.1. The third-order valence-electron chi connectivity index (χ3n) is 4.88. The Kier molecular flexibility index (Phi) is 10.2. The van der Waals surface area contributed by atoms with Crippen molar-refractivity contribution in [1.82, 2.24) is 0 Å². The fraction of sp³-hybridized carbons (Fsp3) is 0.478. The molecule has 0 atom stereocenters. The zero-order valence-electron chi connectivity index (χ0n) is 18.2. The fourth-order valence-corrected chi connectivity index (χ4v) is 4.86. The van der Waals surface area contributed by atoms with Gasteiger partial charge in [-0.25, -0.2) is 0 Å². The molecule has 0 aliphatic heterocycles. The second-order valence-corrected chi connectivity index (χ2v) is 10.9. The summed E-state index contributed by atoms with van der Waals surface area (Å²) >= 11 is 0. The molecule has 0 bridgehead atoms. The predicted octanol–water partition coefficient (Wildman–Crippen LogP) is 5.14. The Bertz CT molecular complexity index is 912. The van der Waals surface area contributed by atoms with Crippen molar-refractivity contribution < 1.29 is 25.2 Å². The quantitative estimate of drug-likeness (QED) is 0.282. The maximum Gasteiger partial charge on any atom is 0.296 e. The zero-order valence-corrected chi connectivity index (χ0v) is 19.9. The molecule has 0 heterocycles. The molecule has 2 rings (SSSR count). The van der Waals surface area contributed by atoms with E-state index in [2.05, 4.69) is 0 Å². The highest BCUT2D eigenvalue weighted by atomic mass is 32.2. The normalized spacial score (nSPS) is 12.2. The zero-order chi connectivity index (χ0) is 22.7. The summed E-state index contributed by atoms with van der Waals surface area (Å²) in [5.41, 5.74) is 2.00. The van der Waals surface area contributed by atoms with Crippen LogP contribution in [0.2, 0.25) is 0 Å². The second-order valence-electron chi connectivity index (χ2n) is 7.65. The SMILES string of the molecule is Cc1ccc(S(=O)(=O)OCCCCCCCCCOS(=O)(=O)c2ccc(C)cc2)cc1. The van der Waals surface area contributed by atoms with Gasteiger partial charge >= 0.3 is 0 Å². The topological polar surface area (TPSA) is 86.7 Å². The first-order valence-electron chi connectivity index (χ1n) is 10.6. The first-order chi connectivity index (χ1) is 14.7. The molecule has 2 aromatic rings. The van der Waals surface area contributed by atoms with Crippen LogP contribution >= 0.6 is 0 Å². The average Bonchev–Trinajstić information content (AvgIpc) is 2.72. The van der Waals surface area contributed by atoms with Gasteiger partial charge in [0.1, 0.15) is 0 Å². The highest BCUT2D eigenvalue weighted by Gasteiger charge is 2.15. The molecule has 6 nitrogen and oxygen atoms in total. The molecule has 0 unspecified atom stereocenters. The number of unbranched alkanes of at least 4 members (excludes halogenated alkanes) is 6. The molecule has 8 heteroatoms. The summed E-state index contributed by atoms with van der Waals surface area (Å²) in [6.45, 7) is 4.16. The summed E-state index contributed by atoms with van der Waals surface area (Å²) in [6, 6.07) is 13.2. The summed E-state index contributed by atoms with van der Waals surface area (Å²) < 4.78 is 58.5. The van der Waals surface area contributed by atoms with Crippen molar-refractivity contribution >= 4 is 20.2 Å².